The zero-order valence-electron chi connectivity index (χ0n) is 7.12. The summed E-state index contributed by atoms with van der Waals surface area (Å²) in [5.41, 5.74) is 0.450. The molecule has 1 amide bonds. The van der Waals surface area contributed by atoms with Crippen LogP contribution in [0.1, 0.15) is 5.56 Å². The maximum Gasteiger partial charge on any atom is 0.247 e. The van der Waals surface area contributed by atoms with Crippen LogP contribution in [0.3, 0.4) is 0 Å². The monoisotopic (exact) mass is 194 g/mol. The van der Waals surface area contributed by atoms with Crippen molar-refractivity contribution in [2.45, 2.75) is 0 Å². The first-order valence-electron chi connectivity index (χ1n) is 4.00. The molecule has 0 saturated carbocycles. The summed E-state index contributed by atoms with van der Waals surface area (Å²) in [7, 11) is 0. The molecule has 0 aromatic heterocycles. The maximum atomic E-state index is 12.9. The summed E-state index contributed by atoms with van der Waals surface area (Å²) >= 11 is 0. The molecule has 1 aliphatic heterocycles. The fraction of sp³-hybridized carbons (Fsp3) is 0.111. The van der Waals surface area contributed by atoms with Gasteiger partial charge in [-0.1, -0.05) is 0 Å². The zero-order chi connectivity index (χ0) is 10.1. The van der Waals surface area contributed by atoms with Crippen molar-refractivity contribution in [3.63, 3.8) is 0 Å². The third kappa shape index (κ3) is 1.44. The number of amidine groups is 1. The first kappa shape index (κ1) is 8.68. The Hall–Kier alpha value is -1.91. The number of rotatable bonds is 1. The van der Waals surface area contributed by atoms with Gasteiger partial charge in [0.05, 0.1) is 0 Å². The molecule has 14 heavy (non-hydrogen) atoms. The highest BCUT2D eigenvalue weighted by Crippen LogP contribution is 2.16. The molecule has 2 rings (SSSR count). The highest BCUT2D eigenvalue weighted by molar-refractivity contribution is 6.12. The molecule has 4 nitrogen and oxygen atoms in total. The first-order valence-corrected chi connectivity index (χ1v) is 4.00. The van der Waals surface area contributed by atoms with Gasteiger partial charge in [-0.3, -0.25) is 9.79 Å². The number of aromatic hydroxyl groups is 1. The molecule has 1 aliphatic rings. The van der Waals surface area contributed by atoms with E-state index in [1.54, 1.807) is 0 Å². The van der Waals surface area contributed by atoms with E-state index in [0.717, 1.165) is 6.07 Å². The predicted octanol–water partition coefficient (Wildman–Crippen LogP) is 0.408. The summed E-state index contributed by atoms with van der Waals surface area (Å²) in [5.74, 6) is -1.02. The Balaban J connectivity index is 2.34. The minimum absolute atomic E-state index is 0.0673. The van der Waals surface area contributed by atoms with Crippen molar-refractivity contribution in [3.05, 3.63) is 29.6 Å². The molecule has 5 heteroatoms. The number of benzene rings is 1. The smallest absolute Gasteiger partial charge is 0.247 e. The number of nitrogens with zero attached hydrogens (tertiary/aromatic N) is 1. The summed E-state index contributed by atoms with van der Waals surface area (Å²) in [4.78, 5) is 14.7. The standard InChI is InChI=1S/C9H7FN2O2/c10-6-3-5(1-2-7(6)13)9-11-4-8(14)12-9/h1-3,13H,4H2,(H,11,12,14). The van der Waals surface area contributed by atoms with E-state index in [1.807, 2.05) is 0 Å². The summed E-state index contributed by atoms with van der Waals surface area (Å²) in [6.45, 7) is 0.0673. The lowest BCUT2D eigenvalue weighted by Crippen LogP contribution is -2.25. The Morgan fingerprint density at radius 2 is 2.29 bits per heavy atom. The second-order valence-electron chi connectivity index (χ2n) is 2.88. The molecular weight excluding hydrogens is 187 g/mol. The summed E-state index contributed by atoms with van der Waals surface area (Å²) in [6.07, 6.45) is 0. The highest BCUT2D eigenvalue weighted by Gasteiger charge is 2.15. The van der Waals surface area contributed by atoms with E-state index in [-0.39, 0.29) is 12.5 Å². The van der Waals surface area contributed by atoms with Crippen molar-refractivity contribution in [2.24, 2.45) is 4.99 Å². The molecule has 0 atom stereocenters. The van der Waals surface area contributed by atoms with Crippen LogP contribution >= 0.6 is 0 Å². The zero-order valence-corrected chi connectivity index (χ0v) is 7.12. The van der Waals surface area contributed by atoms with Gasteiger partial charge in [0.25, 0.3) is 0 Å². The molecule has 72 valence electrons. The number of hydrogen-bond donors (Lipinski definition) is 2. The molecule has 0 saturated heterocycles. The second kappa shape index (κ2) is 3.10. The van der Waals surface area contributed by atoms with Gasteiger partial charge in [0, 0.05) is 5.56 Å². The molecule has 2 N–H and O–H groups in total. The molecule has 0 fully saturated rings. The minimum Gasteiger partial charge on any atom is -0.505 e. The Bertz CT molecular complexity index is 429. The van der Waals surface area contributed by atoms with Crippen molar-refractivity contribution < 1.29 is 14.3 Å². The van der Waals surface area contributed by atoms with E-state index >= 15 is 0 Å². The van der Waals surface area contributed by atoms with E-state index in [1.165, 1.54) is 12.1 Å². The molecule has 0 unspecified atom stereocenters. The largest absolute Gasteiger partial charge is 0.505 e. The van der Waals surface area contributed by atoms with Gasteiger partial charge in [0.1, 0.15) is 12.4 Å². The average molecular weight is 194 g/mol. The van der Waals surface area contributed by atoms with Gasteiger partial charge in [0.2, 0.25) is 5.91 Å². The van der Waals surface area contributed by atoms with Crippen LogP contribution in [0.5, 0.6) is 5.75 Å². The Morgan fingerprint density at radius 3 is 2.86 bits per heavy atom. The van der Waals surface area contributed by atoms with Crippen molar-refractivity contribution in [2.75, 3.05) is 6.54 Å². The number of carbonyl (C=O) groups excluding carboxylic acids is 1. The van der Waals surface area contributed by atoms with Crippen molar-refractivity contribution in [3.8, 4) is 5.75 Å². The third-order valence-corrected chi connectivity index (χ3v) is 1.86. The lowest BCUT2D eigenvalue weighted by Gasteiger charge is -2.01. The number of phenolic OH excluding ortho intramolecular Hbond substituents is 1. The number of nitrogens with one attached hydrogen (secondary N) is 1. The number of carbonyl (C=O) groups is 1. The summed E-state index contributed by atoms with van der Waals surface area (Å²) in [5, 5.41) is 11.4. The van der Waals surface area contributed by atoms with Crippen LogP contribution in [0, 0.1) is 5.82 Å². The van der Waals surface area contributed by atoms with E-state index in [4.69, 9.17) is 5.11 Å². The molecular formula is C9H7FN2O2. The molecule has 0 bridgehead atoms. The van der Waals surface area contributed by atoms with Crippen LogP contribution in [0.15, 0.2) is 23.2 Å². The van der Waals surface area contributed by atoms with Gasteiger partial charge < -0.3 is 10.4 Å². The maximum absolute atomic E-state index is 12.9. The van der Waals surface area contributed by atoms with Crippen LogP contribution in [0.2, 0.25) is 0 Å². The van der Waals surface area contributed by atoms with Gasteiger partial charge in [-0.25, -0.2) is 4.39 Å². The molecule has 0 radical (unpaired) electrons. The molecule has 0 aliphatic carbocycles. The van der Waals surface area contributed by atoms with Crippen LogP contribution in [-0.4, -0.2) is 23.4 Å². The first-order chi connectivity index (χ1) is 6.66. The van der Waals surface area contributed by atoms with Crippen LogP contribution < -0.4 is 5.32 Å². The quantitative estimate of drug-likeness (QED) is 0.680. The van der Waals surface area contributed by atoms with Crippen molar-refractivity contribution >= 4 is 11.7 Å². The van der Waals surface area contributed by atoms with Crippen molar-refractivity contribution in [1.82, 2.24) is 5.32 Å². The van der Waals surface area contributed by atoms with Gasteiger partial charge in [0.15, 0.2) is 11.6 Å². The van der Waals surface area contributed by atoms with E-state index in [9.17, 15) is 9.18 Å². The molecule has 1 aromatic carbocycles. The number of aliphatic imine (C=N–C) groups is 1. The Morgan fingerprint density at radius 1 is 1.50 bits per heavy atom. The van der Waals surface area contributed by atoms with Crippen molar-refractivity contribution in [1.29, 1.82) is 0 Å². The number of phenols is 1. The lowest BCUT2D eigenvalue weighted by atomic mass is 10.2. The number of hydrogen-bond acceptors (Lipinski definition) is 3. The van der Waals surface area contributed by atoms with Crippen LogP contribution in [0.25, 0.3) is 0 Å². The molecule has 1 heterocycles. The molecule has 1 aromatic rings. The molecule has 0 spiro atoms. The van der Waals surface area contributed by atoms with Crippen LogP contribution in [-0.2, 0) is 4.79 Å². The minimum atomic E-state index is -0.730. The second-order valence-corrected chi connectivity index (χ2v) is 2.88. The average Bonchev–Trinajstić information content (AvgIpc) is 2.57. The number of halogens is 1. The van der Waals surface area contributed by atoms with E-state index < -0.39 is 11.6 Å². The third-order valence-electron chi connectivity index (χ3n) is 1.86. The fourth-order valence-electron chi connectivity index (χ4n) is 1.18. The Kier molecular flexibility index (Phi) is 1.92. The van der Waals surface area contributed by atoms with Crippen LogP contribution in [0.4, 0.5) is 4.39 Å². The van der Waals surface area contributed by atoms with Gasteiger partial charge in [-0.2, -0.15) is 0 Å². The van der Waals surface area contributed by atoms with Gasteiger partial charge in [-0.05, 0) is 18.2 Å². The predicted molar refractivity (Wildman–Crippen MR) is 47.6 cm³/mol. The Labute approximate surface area is 79.1 Å². The highest BCUT2D eigenvalue weighted by atomic mass is 19.1. The SMILES string of the molecule is O=C1CN=C(c2ccc(O)c(F)c2)N1. The van der Waals surface area contributed by atoms with E-state index in [2.05, 4.69) is 10.3 Å². The summed E-state index contributed by atoms with van der Waals surface area (Å²) in [6, 6.07) is 3.83. The normalized spacial score (nSPS) is 15.2. The summed E-state index contributed by atoms with van der Waals surface area (Å²) < 4.78 is 12.9. The lowest BCUT2D eigenvalue weighted by molar-refractivity contribution is -0.117. The van der Waals surface area contributed by atoms with Gasteiger partial charge in [-0.15, -0.1) is 0 Å². The fourth-order valence-corrected chi connectivity index (χ4v) is 1.18. The topological polar surface area (TPSA) is 61.7 Å². The van der Waals surface area contributed by atoms with Gasteiger partial charge >= 0.3 is 0 Å². The van der Waals surface area contributed by atoms with E-state index in [0.29, 0.717) is 11.4 Å². The number of amides is 1.